The van der Waals surface area contributed by atoms with Gasteiger partial charge >= 0.3 is 12.0 Å². The van der Waals surface area contributed by atoms with Gasteiger partial charge in [0.25, 0.3) is 0 Å². The fraction of sp³-hybridized carbons (Fsp3) is 0.467. The van der Waals surface area contributed by atoms with E-state index in [-0.39, 0.29) is 18.5 Å². The third-order valence-corrected chi connectivity index (χ3v) is 3.50. The maximum atomic E-state index is 11.8. The molecule has 5 nitrogen and oxygen atoms in total. The van der Waals surface area contributed by atoms with E-state index in [0.717, 1.165) is 18.4 Å². The highest BCUT2D eigenvalue weighted by Gasteiger charge is 2.16. The van der Waals surface area contributed by atoms with Gasteiger partial charge in [0, 0.05) is 18.2 Å². The predicted molar refractivity (Wildman–Crippen MR) is 76.8 cm³/mol. The van der Waals surface area contributed by atoms with E-state index in [1.165, 1.54) is 12.8 Å². The Hall–Kier alpha value is -2.04. The van der Waals surface area contributed by atoms with Gasteiger partial charge in [0.2, 0.25) is 0 Å². The fourth-order valence-electron chi connectivity index (χ4n) is 2.48. The Kier molecular flexibility index (Phi) is 4.98. The fourth-order valence-corrected chi connectivity index (χ4v) is 2.48. The number of carbonyl (C=O) groups excluding carboxylic acids is 1. The molecule has 2 amide bonds. The second-order valence-electron chi connectivity index (χ2n) is 5.17. The zero-order chi connectivity index (χ0) is 14.4. The number of urea groups is 1. The topological polar surface area (TPSA) is 78.4 Å². The number of anilines is 1. The normalized spacial score (nSPS) is 15.0. The molecule has 0 radical (unpaired) electrons. The van der Waals surface area contributed by atoms with Crippen LogP contribution in [-0.4, -0.2) is 23.1 Å². The Morgan fingerprint density at radius 1 is 1.25 bits per heavy atom. The van der Waals surface area contributed by atoms with E-state index in [1.54, 1.807) is 6.07 Å². The SMILES string of the molecule is O=C(O)CCc1cccc(NC(=O)NC2CCCC2)c1. The summed E-state index contributed by atoms with van der Waals surface area (Å²) in [7, 11) is 0. The van der Waals surface area contributed by atoms with Crippen LogP contribution in [0.4, 0.5) is 10.5 Å². The van der Waals surface area contributed by atoms with E-state index in [0.29, 0.717) is 12.1 Å². The third kappa shape index (κ3) is 4.57. The zero-order valence-electron chi connectivity index (χ0n) is 11.4. The first-order valence-electron chi connectivity index (χ1n) is 7.02. The number of nitrogens with one attached hydrogen (secondary N) is 2. The van der Waals surface area contributed by atoms with Gasteiger partial charge in [-0.1, -0.05) is 25.0 Å². The number of amides is 2. The molecule has 0 aromatic heterocycles. The minimum absolute atomic E-state index is 0.0950. The molecular formula is C15H20N2O3. The van der Waals surface area contributed by atoms with Gasteiger partial charge in [-0.2, -0.15) is 0 Å². The number of hydrogen-bond donors (Lipinski definition) is 3. The quantitative estimate of drug-likeness (QED) is 0.773. The van der Waals surface area contributed by atoms with Crippen molar-refractivity contribution in [2.24, 2.45) is 0 Å². The largest absolute Gasteiger partial charge is 0.481 e. The summed E-state index contributed by atoms with van der Waals surface area (Å²) < 4.78 is 0. The molecule has 1 aliphatic carbocycles. The van der Waals surface area contributed by atoms with Crippen LogP contribution in [0, 0.1) is 0 Å². The highest BCUT2D eigenvalue weighted by atomic mass is 16.4. The van der Waals surface area contributed by atoms with Gasteiger partial charge < -0.3 is 15.7 Å². The number of carboxylic acids is 1. The molecule has 0 heterocycles. The summed E-state index contributed by atoms with van der Waals surface area (Å²) in [5.74, 6) is -0.817. The van der Waals surface area contributed by atoms with Gasteiger partial charge in [-0.05, 0) is 37.0 Å². The van der Waals surface area contributed by atoms with Crippen LogP contribution in [0.2, 0.25) is 0 Å². The van der Waals surface area contributed by atoms with Crippen molar-refractivity contribution >= 4 is 17.7 Å². The van der Waals surface area contributed by atoms with E-state index in [2.05, 4.69) is 10.6 Å². The minimum atomic E-state index is -0.817. The van der Waals surface area contributed by atoms with Crippen molar-refractivity contribution in [1.82, 2.24) is 5.32 Å². The lowest BCUT2D eigenvalue weighted by molar-refractivity contribution is -0.136. The Bertz CT molecular complexity index is 482. The number of aryl methyl sites for hydroxylation is 1. The van der Waals surface area contributed by atoms with Crippen molar-refractivity contribution in [3.05, 3.63) is 29.8 Å². The molecule has 0 atom stereocenters. The monoisotopic (exact) mass is 276 g/mol. The summed E-state index contributed by atoms with van der Waals surface area (Å²) in [6.07, 6.45) is 5.01. The van der Waals surface area contributed by atoms with Crippen LogP contribution in [0.5, 0.6) is 0 Å². The molecule has 0 saturated heterocycles. The van der Waals surface area contributed by atoms with Crippen LogP contribution in [0.15, 0.2) is 24.3 Å². The zero-order valence-corrected chi connectivity index (χ0v) is 11.4. The second kappa shape index (κ2) is 6.93. The Labute approximate surface area is 118 Å². The highest BCUT2D eigenvalue weighted by Crippen LogP contribution is 2.18. The van der Waals surface area contributed by atoms with Crippen molar-refractivity contribution in [3.63, 3.8) is 0 Å². The highest BCUT2D eigenvalue weighted by molar-refractivity contribution is 5.89. The van der Waals surface area contributed by atoms with Gasteiger partial charge in [-0.15, -0.1) is 0 Å². The van der Waals surface area contributed by atoms with Crippen LogP contribution in [-0.2, 0) is 11.2 Å². The molecule has 1 saturated carbocycles. The lowest BCUT2D eigenvalue weighted by atomic mass is 10.1. The molecule has 0 spiro atoms. The maximum Gasteiger partial charge on any atom is 0.319 e. The van der Waals surface area contributed by atoms with Gasteiger partial charge in [0.05, 0.1) is 0 Å². The van der Waals surface area contributed by atoms with Gasteiger partial charge in [-0.3, -0.25) is 4.79 Å². The van der Waals surface area contributed by atoms with E-state index in [1.807, 2.05) is 18.2 Å². The van der Waals surface area contributed by atoms with Gasteiger partial charge in [-0.25, -0.2) is 4.79 Å². The summed E-state index contributed by atoms with van der Waals surface area (Å²) in [5.41, 5.74) is 1.61. The summed E-state index contributed by atoms with van der Waals surface area (Å²) in [5, 5.41) is 14.4. The molecule has 0 bridgehead atoms. The summed E-state index contributed by atoms with van der Waals surface area (Å²) in [4.78, 5) is 22.4. The Morgan fingerprint density at radius 2 is 2.00 bits per heavy atom. The summed E-state index contributed by atoms with van der Waals surface area (Å²) in [6, 6.07) is 7.40. The molecule has 2 rings (SSSR count). The lowest BCUT2D eigenvalue weighted by Gasteiger charge is -2.13. The van der Waals surface area contributed by atoms with Crippen LogP contribution < -0.4 is 10.6 Å². The molecule has 0 aliphatic heterocycles. The van der Waals surface area contributed by atoms with E-state index >= 15 is 0 Å². The first kappa shape index (κ1) is 14.4. The second-order valence-corrected chi connectivity index (χ2v) is 5.17. The molecule has 0 unspecified atom stereocenters. The molecule has 108 valence electrons. The number of rotatable bonds is 5. The number of carboxylic acid groups (broad SMARTS) is 1. The number of aliphatic carboxylic acids is 1. The number of carbonyl (C=O) groups is 2. The van der Waals surface area contributed by atoms with Crippen molar-refractivity contribution in [2.75, 3.05) is 5.32 Å². The standard InChI is InChI=1S/C15H20N2O3/c18-14(19)9-8-11-4-3-7-13(10-11)17-15(20)16-12-5-1-2-6-12/h3-4,7,10,12H,1-2,5-6,8-9H2,(H,18,19)(H2,16,17,20). The van der Waals surface area contributed by atoms with E-state index < -0.39 is 5.97 Å². The van der Waals surface area contributed by atoms with Crippen LogP contribution >= 0.6 is 0 Å². The Morgan fingerprint density at radius 3 is 2.70 bits per heavy atom. The average Bonchev–Trinajstić information content (AvgIpc) is 2.89. The summed E-state index contributed by atoms with van der Waals surface area (Å²) >= 11 is 0. The van der Waals surface area contributed by atoms with Gasteiger partial charge in [0.1, 0.15) is 0 Å². The molecule has 1 aromatic rings. The first-order valence-corrected chi connectivity index (χ1v) is 7.02. The first-order chi connectivity index (χ1) is 9.63. The maximum absolute atomic E-state index is 11.8. The van der Waals surface area contributed by atoms with Crippen molar-refractivity contribution in [3.8, 4) is 0 Å². The third-order valence-electron chi connectivity index (χ3n) is 3.50. The van der Waals surface area contributed by atoms with Crippen molar-refractivity contribution in [1.29, 1.82) is 0 Å². The molecule has 20 heavy (non-hydrogen) atoms. The van der Waals surface area contributed by atoms with Crippen LogP contribution in [0.1, 0.15) is 37.7 Å². The Balaban J connectivity index is 1.86. The van der Waals surface area contributed by atoms with Crippen molar-refractivity contribution < 1.29 is 14.7 Å². The molecule has 5 heteroatoms. The minimum Gasteiger partial charge on any atom is -0.481 e. The smallest absolute Gasteiger partial charge is 0.319 e. The number of benzene rings is 1. The molecule has 1 fully saturated rings. The van der Waals surface area contributed by atoms with E-state index in [9.17, 15) is 9.59 Å². The van der Waals surface area contributed by atoms with Crippen molar-refractivity contribution in [2.45, 2.75) is 44.6 Å². The van der Waals surface area contributed by atoms with E-state index in [4.69, 9.17) is 5.11 Å². The summed E-state index contributed by atoms with van der Waals surface area (Å²) in [6.45, 7) is 0. The predicted octanol–water partition coefficient (Wildman–Crippen LogP) is 2.77. The molecule has 1 aliphatic rings. The molecule has 1 aromatic carbocycles. The van der Waals surface area contributed by atoms with Crippen LogP contribution in [0.3, 0.4) is 0 Å². The number of hydrogen-bond acceptors (Lipinski definition) is 2. The average molecular weight is 276 g/mol. The van der Waals surface area contributed by atoms with Gasteiger partial charge in [0.15, 0.2) is 0 Å². The van der Waals surface area contributed by atoms with Crippen LogP contribution in [0.25, 0.3) is 0 Å². The lowest BCUT2D eigenvalue weighted by Crippen LogP contribution is -2.36. The molecular weight excluding hydrogens is 256 g/mol. The molecule has 3 N–H and O–H groups in total.